The number of fused-ring (bicyclic) bond motifs is 2. The molecular formula is C26H27N5O2. The van der Waals surface area contributed by atoms with Gasteiger partial charge in [0.1, 0.15) is 5.56 Å². The fourth-order valence-corrected chi connectivity index (χ4v) is 4.56. The molecule has 0 saturated heterocycles. The van der Waals surface area contributed by atoms with Gasteiger partial charge in [-0.15, -0.1) is 0 Å². The molecule has 168 valence electrons. The van der Waals surface area contributed by atoms with Gasteiger partial charge < -0.3 is 9.88 Å². The van der Waals surface area contributed by atoms with Gasteiger partial charge in [0.2, 0.25) is 0 Å². The van der Waals surface area contributed by atoms with E-state index in [4.69, 9.17) is 0 Å². The van der Waals surface area contributed by atoms with Gasteiger partial charge in [0, 0.05) is 45.3 Å². The van der Waals surface area contributed by atoms with Crippen molar-refractivity contribution in [1.29, 1.82) is 0 Å². The zero-order valence-corrected chi connectivity index (χ0v) is 18.9. The van der Waals surface area contributed by atoms with Gasteiger partial charge in [-0.05, 0) is 18.1 Å². The van der Waals surface area contributed by atoms with E-state index in [-0.39, 0.29) is 11.5 Å². The number of carbonyl (C=O) groups excluding carboxylic acids is 1. The van der Waals surface area contributed by atoms with Gasteiger partial charge in [-0.3, -0.25) is 14.5 Å². The second kappa shape index (κ2) is 8.67. The van der Waals surface area contributed by atoms with Crippen LogP contribution in [0.4, 0.5) is 0 Å². The molecule has 2 aromatic carbocycles. The second-order valence-corrected chi connectivity index (χ2v) is 8.70. The number of amides is 1. The van der Waals surface area contributed by atoms with Crippen molar-refractivity contribution in [3.63, 3.8) is 0 Å². The maximum atomic E-state index is 13.3. The first-order chi connectivity index (χ1) is 16.0. The van der Waals surface area contributed by atoms with Crippen molar-refractivity contribution in [2.24, 2.45) is 7.05 Å². The first kappa shape index (κ1) is 21.2. The summed E-state index contributed by atoms with van der Waals surface area (Å²) in [6.07, 6.45) is 2.24. The fourth-order valence-electron chi connectivity index (χ4n) is 4.56. The molecule has 1 N–H and O–H groups in total. The zero-order chi connectivity index (χ0) is 22.9. The number of nitrogens with one attached hydrogen (secondary N) is 1. The summed E-state index contributed by atoms with van der Waals surface area (Å²) >= 11 is 0. The van der Waals surface area contributed by atoms with Crippen molar-refractivity contribution in [1.82, 2.24) is 24.4 Å². The molecule has 3 heterocycles. The van der Waals surface area contributed by atoms with Crippen LogP contribution in [0.2, 0.25) is 0 Å². The summed E-state index contributed by atoms with van der Waals surface area (Å²) in [5, 5.41) is 7.25. The summed E-state index contributed by atoms with van der Waals surface area (Å²) in [6, 6.07) is 18.3. The lowest BCUT2D eigenvalue weighted by Crippen LogP contribution is -2.38. The van der Waals surface area contributed by atoms with E-state index < -0.39 is 0 Å². The van der Waals surface area contributed by atoms with E-state index in [0.29, 0.717) is 24.3 Å². The molecule has 0 aliphatic carbocycles. The Balaban J connectivity index is 1.41. The zero-order valence-electron chi connectivity index (χ0n) is 18.9. The average molecular weight is 442 g/mol. The van der Waals surface area contributed by atoms with Crippen LogP contribution in [-0.2, 0) is 33.1 Å². The molecule has 7 nitrogen and oxygen atoms in total. The summed E-state index contributed by atoms with van der Waals surface area (Å²) in [5.41, 5.74) is 5.96. The van der Waals surface area contributed by atoms with Crippen LogP contribution in [0.15, 0.2) is 65.6 Å². The molecule has 0 spiro atoms. The van der Waals surface area contributed by atoms with Crippen LogP contribution in [0.1, 0.15) is 38.3 Å². The van der Waals surface area contributed by atoms with Gasteiger partial charge in [0.15, 0.2) is 5.65 Å². The van der Waals surface area contributed by atoms with Crippen LogP contribution in [0.3, 0.4) is 0 Å². The Hall–Kier alpha value is -3.71. The van der Waals surface area contributed by atoms with Gasteiger partial charge in [-0.1, -0.05) is 60.2 Å². The van der Waals surface area contributed by atoms with E-state index in [1.165, 1.54) is 21.8 Å². The third-order valence-corrected chi connectivity index (χ3v) is 6.38. The topological polar surface area (TPSA) is 71.6 Å². The first-order valence-electron chi connectivity index (χ1n) is 11.2. The molecule has 0 radical (unpaired) electrons. The van der Waals surface area contributed by atoms with Gasteiger partial charge >= 0.3 is 0 Å². The Morgan fingerprint density at radius 3 is 2.58 bits per heavy atom. The number of aromatic nitrogens is 3. The van der Waals surface area contributed by atoms with Crippen LogP contribution in [0.25, 0.3) is 5.65 Å². The molecule has 0 bridgehead atoms. The smallest absolute Gasteiger partial charge is 0.279 e. The largest absolute Gasteiger partial charge is 0.348 e. The minimum Gasteiger partial charge on any atom is -0.348 e. The summed E-state index contributed by atoms with van der Waals surface area (Å²) in [5.74, 6) is -0.234. The first-order valence-corrected chi connectivity index (χ1v) is 11.2. The molecule has 0 saturated carbocycles. The number of aryl methyl sites for hydroxylation is 2. The van der Waals surface area contributed by atoms with Gasteiger partial charge in [-0.25, -0.2) is 0 Å². The maximum absolute atomic E-state index is 13.3. The summed E-state index contributed by atoms with van der Waals surface area (Å²) in [6.45, 7) is 4.68. The molecule has 5 rings (SSSR count). The van der Waals surface area contributed by atoms with Gasteiger partial charge in [0.05, 0.1) is 11.8 Å². The Labute approximate surface area is 192 Å². The number of carbonyl (C=O) groups is 1. The number of hydrogen-bond donors (Lipinski definition) is 1. The third kappa shape index (κ3) is 4.07. The second-order valence-electron chi connectivity index (χ2n) is 8.70. The highest BCUT2D eigenvalue weighted by Crippen LogP contribution is 2.21. The SMILES string of the molecule is Cc1ccc(CNC(=O)c2cnn3c(=O)c4c(n(C)c23)CCN(Cc2ccccc2)C4)cc1. The monoisotopic (exact) mass is 441 g/mol. The van der Waals surface area contributed by atoms with Crippen molar-refractivity contribution in [3.8, 4) is 0 Å². The van der Waals surface area contributed by atoms with Crippen molar-refractivity contribution in [2.75, 3.05) is 6.54 Å². The van der Waals surface area contributed by atoms with E-state index in [0.717, 1.165) is 36.3 Å². The lowest BCUT2D eigenvalue weighted by molar-refractivity contribution is 0.0952. The van der Waals surface area contributed by atoms with Gasteiger partial charge in [-0.2, -0.15) is 9.61 Å². The Kier molecular flexibility index (Phi) is 5.56. The Morgan fingerprint density at radius 1 is 1.06 bits per heavy atom. The van der Waals surface area contributed by atoms with E-state index in [2.05, 4.69) is 27.4 Å². The molecule has 0 unspecified atom stereocenters. The van der Waals surface area contributed by atoms with Crippen molar-refractivity contribution < 1.29 is 4.79 Å². The lowest BCUT2D eigenvalue weighted by Gasteiger charge is -2.29. The summed E-state index contributed by atoms with van der Waals surface area (Å²) in [4.78, 5) is 28.5. The summed E-state index contributed by atoms with van der Waals surface area (Å²) in [7, 11) is 1.92. The van der Waals surface area contributed by atoms with E-state index in [1.54, 1.807) is 0 Å². The highest BCUT2D eigenvalue weighted by atomic mass is 16.2. The highest BCUT2D eigenvalue weighted by Gasteiger charge is 2.26. The minimum atomic E-state index is -0.234. The average Bonchev–Trinajstić information content (AvgIpc) is 3.28. The number of benzene rings is 2. The predicted molar refractivity (Wildman–Crippen MR) is 127 cm³/mol. The van der Waals surface area contributed by atoms with Crippen LogP contribution in [-0.4, -0.2) is 31.5 Å². The molecule has 7 heteroatoms. The molecular weight excluding hydrogens is 414 g/mol. The molecule has 4 aromatic rings. The highest BCUT2D eigenvalue weighted by molar-refractivity contribution is 5.99. The predicted octanol–water partition coefficient (Wildman–Crippen LogP) is 2.83. The van der Waals surface area contributed by atoms with Gasteiger partial charge in [0.25, 0.3) is 11.5 Å². The maximum Gasteiger partial charge on any atom is 0.279 e. The molecule has 0 atom stereocenters. The molecule has 1 amide bonds. The number of rotatable bonds is 5. The van der Waals surface area contributed by atoms with Crippen molar-refractivity contribution in [3.05, 3.63) is 105 Å². The number of nitrogens with zero attached hydrogens (tertiary/aromatic N) is 4. The van der Waals surface area contributed by atoms with Crippen molar-refractivity contribution in [2.45, 2.75) is 33.0 Å². The van der Waals surface area contributed by atoms with E-state index in [1.807, 2.05) is 61.0 Å². The minimum absolute atomic E-state index is 0.145. The molecule has 2 aromatic heterocycles. The van der Waals surface area contributed by atoms with Crippen LogP contribution >= 0.6 is 0 Å². The fraction of sp³-hybridized carbons (Fsp3) is 0.269. The third-order valence-electron chi connectivity index (χ3n) is 6.38. The normalized spacial score (nSPS) is 13.8. The molecule has 1 aliphatic rings. The Bertz CT molecular complexity index is 1370. The molecule has 33 heavy (non-hydrogen) atoms. The lowest BCUT2D eigenvalue weighted by atomic mass is 10.1. The molecule has 0 fully saturated rings. The van der Waals surface area contributed by atoms with Crippen molar-refractivity contribution >= 4 is 11.6 Å². The quantitative estimate of drug-likeness (QED) is 0.517. The number of hydrogen-bond acceptors (Lipinski definition) is 4. The standard InChI is InChI=1S/C26H27N5O2/c1-18-8-10-19(11-9-18)14-27-24(32)21-15-28-31-25(21)29(2)23-12-13-30(17-22(23)26(31)33)16-20-6-4-3-5-7-20/h3-11,15H,12-14,16-17H2,1-2H3,(H,27,32). The van der Waals surface area contributed by atoms with Crippen LogP contribution in [0.5, 0.6) is 0 Å². The van der Waals surface area contributed by atoms with Crippen LogP contribution < -0.4 is 10.9 Å². The van der Waals surface area contributed by atoms with Crippen LogP contribution in [0, 0.1) is 6.92 Å². The van der Waals surface area contributed by atoms with E-state index in [9.17, 15) is 9.59 Å². The molecule has 1 aliphatic heterocycles. The summed E-state index contributed by atoms with van der Waals surface area (Å²) < 4.78 is 3.33. The Morgan fingerprint density at radius 2 is 1.82 bits per heavy atom. The van der Waals surface area contributed by atoms with E-state index >= 15 is 0 Å².